The molecule has 140 valence electrons. The second-order valence-corrected chi connectivity index (χ2v) is 6.34. The summed E-state index contributed by atoms with van der Waals surface area (Å²) in [5.74, 6) is -1.54. The van der Waals surface area contributed by atoms with Crippen molar-refractivity contribution in [3.63, 3.8) is 0 Å². The first-order valence-electron chi connectivity index (χ1n) is 8.60. The lowest BCUT2D eigenvalue weighted by Crippen LogP contribution is -2.20. The van der Waals surface area contributed by atoms with E-state index in [1.807, 2.05) is 4.90 Å². The maximum absolute atomic E-state index is 12.6. The number of carbonyl (C=O) groups excluding carboxylic acids is 1. The monoisotopic (exact) mass is 369 g/mol. The number of anilines is 2. The van der Waals surface area contributed by atoms with Crippen LogP contribution in [0.1, 0.15) is 28.8 Å². The third kappa shape index (κ3) is 4.22. The summed E-state index contributed by atoms with van der Waals surface area (Å²) >= 11 is 0. The van der Waals surface area contributed by atoms with Gasteiger partial charge in [0.1, 0.15) is 5.69 Å². The maximum atomic E-state index is 12.6. The zero-order chi connectivity index (χ0) is 19.4. The van der Waals surface area contributed by atoms with E-state index in [4.69, 9.17) is 5.11 Å². The van der Waals surface area contributed by atoms with Crippen molar-refractivity contribution >= 4 is 28.9 Å². The Labute approximate surface area is 155 Å². The molecule has 0 radical (unpaired) electrons. The predicted molar refractivity (Wildman–Crippen MR) is 100 cm³/mol. The Balaban J connectivity index is 1.86. The number of nitrogens with one attached hydrogen (secondary N) is 1. The van der Waals surface area contributed by atoms with E-state index in [-0.39, 0.29) is 17.7 Å². The van der Waals surface area contributed by atoms with Crippen molar-refractivity contribution in [2.75, 3.05) is 23.3 Å². The lowest BCUT2D eigenvalue weighted by molar-refractivity contribution is -0.384. The van der Waals surface area contributed by atoms with Gasteiger partial charge < -0.3 is 15.3 Å². The summed E-state index contributed by atoms with van der Waals surface area (Å²) in [6.45, 7) is 1.52. The van der Waals surface area contributed by atoms with E-state index >= 15 is 0 Å². The van der Waals surface area contributed by atoms with Crippen LogP contribution in [-0.4, -0.2) is 35.0 Å². The highest BCUT2D eigenvalue weighted by molar-refractivity contribution is 6.05. The normalized spacial score (nSPS) is 13.4. The fourth-order valence-corrected chi connectivity index (χ4v) is 3.19. The molecule has 0 spiro atoms. The molecule has 2 N–H and O–H groups in total. The smallest absolute Gasteiger partial charge is 0.307 e. The minimum Gasteiger partial charge on any atom is -0.481 e. The number of carboxylic acids is 1. The minimum atomic E-state index is -1.01. The lowest BCUT2D eigenvalue weighted by Gasteiger charge is -2.18. The van der Waals surface area contributed by atoms with Gasteiger partial charge in [0, 0.05) is 30.4 Å². The van der Waals surface area contributed by atoms with Gasteiger partial charge in [0.25, 0.3) is 11.6 Å². The topological polar surface area (TPSA) is 113 Å². The number of carbonyl (C=O) groups is 2. The van der Waals surface area contributed by atoms with E-state index in [1.165, 1.54) is 6.07 Å². The molecule has 8 heteroatoms. The summed E-state index contributed by atoms with van der Waals surface area (Å²) in [5.41, 5.74) is 1.39. The number of para-hydroxylation sites is 1. The van der Waals surface area contributed by atoms with Crippen LogP contribution in [0.3, 0.4) is 0 Å². The average molecular weight is 369 g/mol. The first-order chi connectivity index (χ1) is 13.0. The van der Waals surface area contributed by atoms with Gasteiger partial charge in [-0.2, -0.15) is 0 Å². The first kappa shape index (κ1) is 18.4. The SMILES string of the molecule is O=C(O)Cc1ccccc1NC(=O)c1ccc(N2CCCC2)c([N+](=O)[O-])c1. The fourth-order valence-electron chi connectivity index (χ4n) is 3.19. The minimum absolute atomic E-state index is 0.108. The van der Waals surface area contributed by atoms with Crippen LogP contribution in [0, 0.1) is 10.1 Å². The Hall–Kier alpha value is -3.42. The molecule has 2 aromatic rings. The fraction of sp³-hybridized carbons (Fsp3) is 0.263. The predicted octanol–water partition coefficient (Wildman–Crippen LogP) is 3.07. The molecule has 8 nitrogen and oxygen atoms in total. The molecule has 1 amide bonds. The molecular formula is C19H19N3O5. The third-order valence-corrected chi connectivity index (χ3v) is 4.49. The molecule has 0 bridgehead atoms. The van der Waals surface area contributed by atoms with E-state index in [1.54, 1.807) is 36.4 Å². The Morgan fingerprint density at radius 2 is 1.85 bits per heavy atom. The number of aliphatic carboxylic acids is 1. The van der Waals surface area contributed by atoms with Crippen LogP contribution in [-0.2, 0) is 11.2 Å². The first-order valence-corrected chi connectivity index (χ1v) is 8.60. The van der Waals surface area contributed by atoms with Gasteiger partial charge in [0.15, 0.2) is 0 Å². The van der Waals surface area contributed by atoms with Crippen molar-refractivity contribution in [1.82, 2.24) is 0 Å². The van der Waals surface area contributed by atoms with Crippen LogP contribution >= 0.6 is 0 Å². The van der Waals surface area contributed by atoms with Gasteiger partial charge in [-0.15, -0.1) is 0 Å². The molecule has 0 aliphatic carbocycles. The zero-order valence-electron chi connectivity index (χ0n) is 14.6. The van der Waals surface area contributed by atoms with Crippen molar-refractivity contribution in [3.05, 3.63) is 63.7 Å². The molecule has 1 saturated heterocycles. The van der Waals surface area contributed by atoms with Crippen LogP contribution in [0.5, 0.6) is 0 Å². The number of nitro groups is 1. The summed E-state index contributed by atoms with van der Waals surface area (Å²) < 4.78 is 0. The average Bonchev–Trinajstić information content (AvgIpc) is 3.17. The molecule has 0 aromatic heterocycles. The molecule has 0 unspecified atom stereocenters. The Morgan fingerprint density at radius 1 is 1.15 bits per heavy atom. The van der Waals surface area contributed by atoms with Gasteiger partial charge in [0.2, 0.25) is 0 Å². The summed E-state index contributed by atoms with van der Waals surface area (Å²) in [6, 6.07) is 11.0. The number of hydrogen-bond donors (Lipinski definition) is 2. The molecular weight excluding hydrogens is 350 g/mol. The van der Waals surface area contributed by atoms with E-state index in [9.17, 15) is 19.7 Å². The number of nitro benzene ring substituents is 1. The van der Waals surface area contributed by atoms with E-state index in [0.29, 0.717) is 16.9 Å². The number of benzene rings is 2. The molecule has 1 aliphatic rings. The van der Waals surface area contributed by atoms with Gasteiger partial charge in [-0.3, -0.25) is 19.7 Å². The van der Waals surface area contributed by atoms with Crippen LogP contribution in [0.4, 0.5) is 17.1 Å². The summed E-state index contributed by atoms with van der Waals surface area (Å²) in [5, 5.41) is 23.1. The van der Waals surface area contributed by atoms with Crippen LogP contribution in [0.25, 0.3) is 0 Å². The third-order valence-electron chi connectivity index (χ3n) is 4.49. The van der Waals surface area contributed by atoms with Gasteiger partial charge in [-0.25, -0.2) is 0 Å². The highest BCUT2D eigenvalue weighted by Gasteiger charge is 2.24. The molecule has 0 saturated carbocycles. The van der Waals surface area contributed by atoms with Crippen molar-refractivity contribution in [3.8, 4) is 0 Å². The number of rotatable bonds is 6. The number of nitrogens with zero attached hydrogens (tertiary/aromatic N) is 2. The van der Waals surface area contributed by atoms with Crippen LogP contribution < -0.4 is 10.2 Å². The Bertz CT molecular complexity index is 891. The van der Waals surface area contributed by atoms with Crippen LogP contribution in [0.2, 0.25) is 0 Å². The van der Waals surface area contributed by atoms with Crippen molar-refractivity contribution in [2.24, 2.45) is 0 Å². The van der Waals surface area contributed by atoms with E-state index in [2.05, 4.69) is 5.32 Å². The molecule has 1 aliphatic heterocycles. The zero-order valence-corrected chi connectivity index (χ0v) is 14.6. The van der Waals surface area contributed by atoms with Crippen LogP contribution in [0.15, 0.2) is 42.5 Å². The molecule has 2 aromatic carbocycles. The highest BCUT2D eigenvalue weighted by atomic mass is 16.6. The largest absolute Gasteiger partial charge is 0.481 e. The summed E-state index contributed by atoms with van der Waals surface area (Å²) in [4.78, 5) is 36.5. The molecule has 27 heavy (non-hydrogen) atoms. The molecule has 0 atom stereocenters. The second kappa shape index (κ2) is 7.86. The number of carboxylic acid groups (broad SMARTS) is 1. The lowest BCUT2D eigenvalue weighted by atomic mass is 10.1. The summed E-state index contributed by atoms with van der Waals surface area (Å²) in [6.07, 6.45) is 1.74. The number of hydrogen-bond acceptors (Lipinski definition) is 5. The molecule has 1 heterocycles. The molecule has 3 rings (SSSR count). The maximum Gasteiger partial charge on any atom is 0.307 e. The van der Waals surface area contributed by atoms with Crippen molar-refractivity contribution < 1.29 is 19.6 Å². The number of amides is 1. The Morgan fingerprint density at radius 3 is 2.52 bits per heavy atom. The van der Waals surface area contributed by atoms with Crippen molar-refractivity contribution in [2.45, 2.75) is 19.3 Å². The van der Waals surface area contributed by atoms with E-state index in [0.717, 1.165) is 25.9 Å². The van der Waals surface area contributed by atoms with Gasteiger partial charge >= 0.3 is 5.97 Å². The van der Waals surface area contributed by atoms with Gasteiger partial charge in [0.05, 0.1) is 11.3 Å². The highest BCUT2D eigenvalue weighted by Crippen LogP contribution is 2.32. The van der Waals surface area contributed by atoms with Gasteiger partial charge in [-0.1, -0.05) is 18.2 Å². The van der Waals surface area contributed by atoms with E-state index < -0.39 is 16.8 Å². The molecule has 1 fully saturated rings. The van der Waals surface area contributed by atoms with Crippen molar-refractivity contribution in [1.29, 1.82) is 0 Å². The quantitative estimate of drug-likeness (QED) is 0.598. The Kier molecular flexibility index (Phi) is 5.35. The second-order valence-electron chi connectivity index (χ2n) is 6.34. The standard InChI is InChI=1S/C19H19N3O5/c23-18(24)12-13-5-1-2-6-15(13)20-19(25)14-7-8-16(17(11-14)22(26)27)21-9-3-4-10-21/h1-2,5-8,11H,3-4,9-10,12H2,(H,20,25)(H,23,24). The van der Waals surface area contributed by atoms with Gasteiger partial charge in [-0.05, 0) is 36.6 Å². The summed E-state index contributed by atoms with van der Waals surface area (Å²) in [7, 11) is 0.